The van der Waals surface area contributed by atoms with Crippen LogP contribution in [0.2, 0.25) is 0 Å². The molecule has 2 atom stereocenters. The van der Waals surface area contributed by atoms with Gasteiger partial charge in [-0.05, 0) is 18.8 Å². The molecule has 0 amide bonds. The van der Waals surface area contributed by atoms with E-state index in [1.54, 1.807) is 24.3 Å². The smallest absolute Gasteiger partial charge is 0.304 e. The molecule has 1 saturated carbocycles. The van der Waals surface area contributed by atoms with Crippen LogP contribution in [0, 0.1) is 16.0 Å². The van der Waals surface area contributed by atoms with Gasteiger partial charge in [-0.25, -0.2) is 0 Å². The second-order valence-electron chi connectivity index (χ2n) is 5.09. The zero-order valence-electron chi connectivity index (χ0n) is 10.5. The van der Waals surface area contributed by atoms with Gasteiger partial charge in [-0.3, -0.25) is 10.1 Å². The zero-order chi connectivity index (χ0) is 13.0. The molecule has 0 bridgehead atoms. The molecule has 2 rings (SSSR count). The van der Waals surface area contributed by atoms with Gasteiger partial charge >= 0.3 is 4.87 Å². The molecule has 0 aromatic heterocycles. The standard InChI is InChI=1S/C13H20N2O2S/c14-12-8-4-5-9-13(12,15(16)17)18-10-11-6-2-1-3-7-11/h4-5,8-9,11-12H,1-3,6-7,10,14H2. The molecule has 0 saturated heterocycles. The number of hydrogen-bond acceptors (Lipinski definition) is 4. The van der Waals surface area contributed by atoms with Crippen LogP contribution in [0.3, 0.4) is 0 Å². The second-order valence-corrected chi connectivity index (χ2v) is 6.37. The number of rotatable bonds is 4. The van der Waals surface area contributed by atoms with Crippen molar-refractivity contribution in [3.05, 3.63) is 34.4 Å². The normalized spacial score (nSPS) is 32.6. The molecule has 2 N–H and O–H groups in total. The lowest BCUT2D eigenvalue weighted by Crippen LogP contribution is -2.50. The third-order valence-corrected chi connectivity index (χ3v) is 5.46. The van der Waals surface area contributed by atoms with Crippen molar-refractivity contribution < 1.29 is 4.92 Å². The van der Waals surface area contributed by atoms with E-state index in [1.165, 1.54) is 43.9 Å². The zero-order valence-corrected chi connectivity index (χ0v) is 11.3. The quantitative estimate of drug-likeness (QED) is 0.483. The van der Waals surface area contributed by atoms with Gasteiger partial charge in [-0.2, -0.15) is 0 Å². The van der Waals surface area contributed by atoms with Gasteiger partial charge in [-0.15, -0.1) is 0 Å². The average molecular weight is 268 g/mol. The Kier molecular flexibility index (Phi) is 4.45. The number of allylic oxidation sites excluding steroid dienone is 2. The van der Waals surface area contributed by atoms with Crippen molar-refractivity contribution in [1.82, 2.24) is 0 Å². The molecule has 4 nitrogen and oxygen atoms in total. The maximum atomic E-state index is 11.4. The molecule has 1 fully saturated rings. The fourth-order valence-corrected chi connectivity index (χ4v) is 4.00. The van der Waals surface area contributed by atoms with Crippen molar-refractivity contribution in [3.8, 4) is 0 Å². The van der Waals surface area contributed by atoms with Gasteiger partial charge < -0.3 is 5.73 Å². The fraction of sp³-hybridized carbons (Fsp3) is 0.692. The van der Waals surface area contributed by atoms with Gasteiger partial charge in [0.05, 0.1) is 0 Å². The summed E-state index contributed by atoms with van der Waals surface area (Å²) in [6.07, 6.45) is 13.1. The van der Waals surface area contributed by atoms with E-state index in [0.717, 1.165) is 5.75 Å². The van der Waals surface area contributed by atoms with Crippen LogP contribution in [0.4, 0.5) is 0 Å². The van der Waals surface area contributed by atoms with Crippen molar-refractivity contribution in [3.63, 3.8) is 0 Å². The second kappa shape index (κ2) is 5.89. The van der Waals surface area contributed by atoms with Crippen LogP contribution < -0.4 is 5.73 Å². The maximum Gasteiger partial charge on any atom is 0.304 e. The first kappa shape index (κ1) is 13.6. The third-order valence-electron chi connectivity index (χ3n) is 3.80. The first-order valence-corrected chi connectivity index (χ1v) is 7.54. The van der Waals surface area contributed by atoms with Gasteiger partial charge in [0.25, 0.3) is 0 Å². The minimum Gasteiger partial charge on any atom is -0.317 e. The Morgan fingerprint density at radius 3 is 2.67 bits per heavy atom. The molecule has 2 aliphatic carbocycles. The summed E-state index contributed by atoms with van der Waals surface area (Å²) in [6.45, 7) is 0. The number of thioether (sulfide) groups is 1. The lowest BCUT2D eigenvalue weighted by atomic mass is 9.91. The summed E-state index contributed by atoms with van der Waals surface area (Å²) in [5.74, 6) is 1.46. The molecule has 5 heteroatoms. The van der Waals surface area contributed by atoms with E-state index in [0.29, 0.717) is 5.92 Å². The van der Waals surface area contributed by atoms with Crippen LogP contribution in [0.1, 0.15) is 32.1 Å². The SMILES string of the molecule is NC1C=CC=CC1(SCC1CCCCC1)[N+](=O)[O-]. The maximum absolute atomic E-state index is 11.4. The van der Waals surface area contributed by atoms with E-state index in [2.05, 4.69) is 0 Å². The Morgan fingerprint density at radius 2 is 2.06 bits per heavy atom. The van der Waals surface area contributed by atoms with Crippen molar-refractivity contribution in [2.24, 2.45) is 11.7 Å². The Bertz CT molecular complexity index is 364. The molecule has 2 aliphatic rings. The molecular formula is C13H20N2O2S. The van der Waals surface area contributed by atoms with E-state index in [4.69, 9.17) is 5.73 Å². The van der Waals surface area contributed by atoms with Crippen LogP contribution in [0.5, 0.6) is 0 Å². The predicted octanol–water partition coefficient (Wildman–Crippen LogP) is 2.73. The summed E-state index contributed by atoms with van der Waals surface area (Å²) in [5.41, 5.74) is 5.93. The van der Waals surface area contributed by atoms with Gasteiger partial charge in [0.2, 0.25) is 0 Å². The van der Waals surface area contributed by atoms with Crippen LogP contribution in [0.25, 0.3) is 0 Å². The predicted molar refractivity (Wildman–Crippen MR) is 75.0 cm³/mol. The largest absolute Gasteiger partial charge is 0.317 e. The Hall–Kier alpha value is -0.810. The minimum absolute atomic E-state index is 0.231. The van der Waals surface area contributed by atoms with E-state index in [1.807, 2.05) is 0 Å². The molecule has 0 radical (unpaired) electrons. The Morgan fingerprint density at radius 1 is 1.33 bits per heavy atom. The van der Waals surface area contributed by atoms with E-state index < -0.39 is 10.9 Å². The highest BCUT2D eigenvalue weighted by Gasteiger charge is 2.47. The van der Waals surface area contributed by atoms with Crippen LogP contribution in [-0.2, 0) is 0 Å². The van der Waals surface area contributed by atoms with Gasteiger partial charge in [0.15, 0.2) is 0 Å². The summed E-state index contributed by atoms with van der Waals surface area (Å²) in [7, 11) is 0. The molecule has 0 aromatic rings. The molecule has 18 heavy (non-hydrogen) atoms. The number of hydrogen-bond donors (Lipinski definition) is 1. The van der Waals surface area contributed by atoms with Gasteiger partial charge in [0.1, 0.15) is 6.04 Å². The highest BCUT2D eigenvalue weighted by Crippen LogP contribution is 2.37. The molecular weight excluding hydrogens is 248 g/mol. The monoisotopic (exact) mass is 268 g/mol. The number of nitrogens with two attached hydrogens (primary N) is 1. The van der Waals surface area contributed by atoms with Crippen LogP contribution in [0.15, 0.2) is 24.3 Å². The molecule has 0 aromatic carbocycles. The molecule has 0 heterocycles. The first-order valence-electron chi connectivity index (χ1n) is 6.55. The Labute approximate surface area is 112 Å². The van der Waals surface area contributed by atoms with E-state index in [9.17, 15) is 10.1 Å². The molecule has 100 valence electrons. The highest BCUT2D eigenvalue weighted by molar-refractivity contribution is 8.00. The van der Waals surface area contributed by atoms with Crippen molar-refractivity contribution >= 4 is 11.8 Å². The van der Waals surface area contributed by atoms with Crippen LogP contribution in [-0.4, -0.2) is 21.6 Å². The minimum atomic E-state index is -1.16. The van der Waals surface area contributed by atoms with Crippen LogP contribution >= 0.6 is 11.8 Å². The summed E-state index contributed by atoms with van der Waals surface area (Å²) >= 11 is 1.41. The lowest BCUT2D eigenvalue weighted by Gasteiger charge is -2.29. The Balaban J connectivity index is 2.00. The lowest BCUT2D eigenvalue weighted by molar-refractivity contribution is -0.526. The number of nitrogens with zero attached hydrogens (tertiary/aromatic N) is 1. The van der Waals surface area contributed by atoms with E-state index in [-0.39, 0.29) is 4.92 Å². The first-order chi connectivity index (χ1) is 8.65. The van der Waals surface area contributed by atoms with Gasteiger partial charge in [0, 0.05) is 16.8 Å². The summed E-state index contributed by atoms with van der Waals surface area (Å²) in [4.78, 5) is 9.99. The molecule has 0 aliphatic heterocycles. The number of nitro groups is 1. The molecule has 2 unspecified atom stereocenters. The van der Waals surface area contributed by atoms with E-state index >= 15 is 0 Å². The van der Waals surface area contributed by atoms with Crippen molar-refractivity contribution in [2.45, 2.75) is 43.0 Å². The average Bonchev–Trinajstić information content (AvgIpc) is 2.39. The van der Waals surface area contributed by atoms with Gasteiger partial charge in [-0.1, -0.05) is 49.3 Å². The fourth-order valence-electron chi connectivity index (χ4n) is 2.61. The highest BCUT2D eigenvalue weighted by atomic mass is 32.2. The summed E-state index contributed by atoms with van der Waals surface area (Å²) < 4.78 is 0. The van der Waals surface area contributed by atoms with Crippen molar-refractivity contribution in [1.29, 1.82) is 0 Å². The molecule has 0 spiro atoms. The third kappa shape index (κ3) is 2.78. The van der Waals surface area contributed by atoms with Crippen molar-refractivity contribution in [2.75, 3.05) is 5.75 Å². The summed E-state index contributed by atoms with van der Waals surface area (Å²) in [5, 5.41) is 11.4. The topological polar surface area (TPSA) is 69.2 Å². The summed E-state index contributed by atoms with van der Waals surface area (Å²) in [6, 6.07) is -0.536.